The summed E-state index contributed by atoms with van der Waals surface area (Å²) in [7, 11) is 0. The molecule has 0 saturated carbocycles. The van der Waals surface area contributed by atoms with Gasteiger partial charge in [-0.25, -0.2) is 4.79 Å². The monoisotopic (exact) mass is 468 g/mol. The van der Waals surface area contributed by atoms with Crippen LogP contribution in [0.15, 0.2) is 48.8 Å². The van der Waals surface area contributed by atoms with Gasteiger partial charge in [-0.1, -0.05) is 44.2 Å². The summed E-state index contributed by atoms with van der Waals surface area (Å²) >= 11 is 0. The molecular weight excluding hydrogens is 440 g/mol. The third-order valence-electron chi connectivity index (χ3n) is 5.22. The van der Waals surface area contributed by atoms with E-state index in [1.54, 1.807) is 26.1 Å². The predicted octanol–water partition coefficient (Wildman–Crippen LogP) is 1.14. The quantitative estimate of drug-likeness (QED) is 0.541. The third kappa shape index (κ3) is 6.77. The van der Waals surface area contributed by atoms with Crippen LogP contribution in [0.2, 0.25) is 0 Å². The highest BCUT2D eigenvalue weighted by Crippen LogP contribution is 2.19. The molecule has 0 spiro atoms. The van der Waals surface area contributed by atoms with Crippen molar-refractivity contribution in [2.24, 2.45) is 5.92 Å². The summed E-state index contributed by atoms with van der Waals surface area (Å²) in [6.45, 7) is 3.87. The summed E-state index contributed by atoms with van der Waals surface area (Å²) in [6, 6.07) is 8.63. The molecule has 0 bridgehead atoms. The fourth-order valence-electron chi connectivity index (χ4n) is 3.40. The number of Topliss-reactive ketones (excluding diaryl/α,β-unsaturated/α-hetero) is 1. The van der Waals surface area contributed by atoms with E-state index in [9.17, 15) is 19.2 Å². The number of carbonyl (C=O) groups is 4. The van der Waals surface area contributed by atoms with Crippen LogP contribution in [0.1, 0.15) is 25.0 Å². The Hall–Kier alpha value is -3.95. The summed E-state index contributed by atoms with van der Waals surface area (Å²) in [5.74, 6) is -2.02. The van der Waals surface area contributed by atoms with Crippen molar-refractivity contribution in [3.8, 4) is 5.75 Å². The minimum Gasteiger partial charge on any atom is -0.491 e. The Kier molecular flexibility index (Phi) is 8.55. The van der Waals surface area contributed by atoms with Crippen LogP contribution in [0.25, 0.3) is 0 Å². The van der Waals surface area contributed by atoms with Gasteiger partial charge in [0.15, 0.2) is 0 Å². The number of ketones is 1. The molecule has 180 valence electrons. The Morgan fingerprint density at radius 2 is 1.97 bits per heavy atom. The standard InChI is InChI=1S/C24H28N4O6/c1-15(2)20(28-24(32)34-14-16-6-4-3-5-7-16)22(30)27-18-12-17-13-25-9-8-19(17)33-11-10-26-23(31)21(18)29/h3-9,13,15,18,20H,10-12,14H2,1-2H3,(H,26,31)(H,27,30)(H,28,32). The second kappa shape index (κ2) is 11.8. The molecule has 10 nitrogen and oxygen atoms in total. The Labute approximate surface area is 197 Å². The highest BCUT2D eigenvalue weighted by molar-refractivity contribution is 6.38. The SMILES string of the molecule is CC(C)C(NC(=O)OCc1ccccc1)C(=O)NC1Cc2cnccc2OCCNC(=O)C1=O. The number of hydrogen-bond donors (Lipinski definition) is 3. The number of nitrogens with one attached hydrogen (secondary N) is 3. The average Bonchev–Trinajstić information content (AvgIpc) is 2.83. The van der Waals surface area contributed by atoms with Crippen molar-refractivity contribution >= 4 is 23.7 Å². The van der Waals surface area contributed by atoms with Gasteiger partial charge in [-0.2, -0.15) is 0 Å². The van der Waals surface area contributed by atoms with Crippen LogP contribution < -0.4 is 20.7 Å². The lowest BCUT2D eigenvalue weighted by Crippen LogP contribution is -2.56. The lowest BCUT2D eigenvalue weighted by molar-refractivity contribution is -0.140. The first-order chi connectivity index (χ1) is 16.3. The fourth-order valence-corrected chi connectivity index (χ4v) is 3.40. The number of ether oxygens (including phenoxy) is 2. The van der Waals surface area contributed by atoms with Crippen LogP contribution in [-0.2, 0) is 32.1 Å². The molecule has 2 unspecified atom stereocenters. The fraction of sp³-hybridized carbons (Fsp3) is 0.375. The second-order valence-corrected chi connectivity index (χ2v) is 8.15. The van der Waals surface area contributed by atoms with Gasteiger partial charge in [-0.05, 0) is 17.5 Å². The van der Waals surface area contributed by atoms with E-state index in [0.717, 1.165) is 5.56 Å². The first-order valence-corrected chi connectivity index (χ1v) is 11.0. The maximum absolute atomic E-state index is 13.1. The number of nitrogens with zero attached hydrogens (tertiary/aromatic N) is 1. The molecule has 2 aromatic rings. The summed E-state index contributed by atoms with van der Waals surface area (Å²) in [4.78, 5) is 54.5. The zero-order valence-corrected chi connectivity index (χ0v) is 19.1. The predicted molar refractivity (Wildman–Crippen MR) is 122 cm³/mol. The minimum atomic E-state index is -1.17. The number of alkyl carbamates (subject to hydrolysis) is 1. The van der Waals surface area contributed by atoms with Gasteiger partial charge in [0.1, 0.15) is 31.0 Å². The summed E-state index contributed by atoms with van der Waals surface area (Å²) < 4.78 is 10.9. The Morgan fingerprint density at radius 1 is 1.21 bits per heavy atom. The number of pyridine rings is 1. The number of carbonyl (C=O) groups excluding carboxylic acids is 4. The van der Waals surface area contributed by atoms with Crippen LogP contribution in [0, 0.1) is 5.92 Å². The van der Waals surface area contributed by atoms with Gasteiger partial charge < -0.3 is 25.4 Å². The van der Waals surface area contributed by atoms with E-state index in [-0.39, 0.29) is 32.1 Å². The van der Waals surface area contributed by atoms with Crippen LogP contribution in [-0.4, -0.2) is 53.9 Å². The molecule has 1 aliphatic rings. The molecule has 0 fully saturated rings. The van der Waals surface area contributed by atoms with Crippen molar-refractivity contribution in [2.45, 2.75) is 39.0 Å². The van der Waals surface area contributed by atoms with Crippen molar-refractivity contribution in [2.75, 3.05) is 13.2 Å². The van der Waals surface area contributed by atoms with E-state index in [0.29, 0.717) is 11.3 Å². The molecule has 1 aromatic heterocycles. The normalized spacial score (nSPS) is 17.0. The van der Waals surface area contributed by atoms with Gasteiger partial charge in [-0.15, -0.1) is 0 Å². The molecule has 2 heterocycles. The zero-order valence-electron chi connectivity index (χ0n) is 19.1. The van der Waals surface area contributed by atoms with E-state index in [2.05, 4.69) is 20.9 Å². The molecular formula is C24H28N4O6. The van der Waals surface area contributed by atoms with Crippen molar-refractivity contribution < 1.29 is 28.7 Å². The maximum atomic E-state index is 13.1. The number of benzene rings is 1. The third-order valence-corrected chi connectivity index (χ3v) is 5.22. The Balaban J connectivity index is 1.70. The number of aromatic nitrogens is 1. The zero-order chi connectivity index (χ0) is 24.5. The van der Waals surface area contributed by atoms with Crippen molar-refractivity contribution in [3.63, 3.8) is 0 Å². The first kappa shape index (κ1) is 24.7. The number of rotatable bonds is 6. The molecule has 1 aliphatic heterocycles. The van der Waals surface area contributed by atoms with Crippen LogP contribution in [0.4, 0.5) is 4.79 Å². The Morgan fingerprint density at radius 3 is 2.71 bits per heavy atom. The number of amides is 3. The topological polar surface area (TPSA) is 136 Å². The smallest absolute Gasteiger partial charge is 0.408 e. The van der Waals surface area contributed by atoms with Gasteiger partial charge in [0, 0.05) is 24.4 Å². The number of fused-ring (bicyclic) bond motifs is 1. The van der Waals surface area contributed by atoms with E-state index >= 15 is 0 Å². The second-order valence-electron chi connectivity index (χ2n) is 8.15. The van der Waals surface area contributed by atoms with E-state index in [1.165, 1.54) is 6.20 Å². The van der Waals surface area contributed by atoms with Gasteiger partial charge in [-0.3, -0.25) is 19.4 Å². The molecule has 34 heavy (non-hydrogen) atoms. The molecule has 0 radical (unpaired) electrons. The molecule has 3 N–H and O–H groups in total. The van der Waals surface area contributed by atoms with Gasteiger partial charge >= 0.3 is 6.09 Å². The molecule has 0 aliphatic carbocycles. The minimum absolute atomic E-state index is 0.00440. The summed E-state index contributed by atoms with van der Waals surface area (Å²) in [5.41, 5.74) is 1.38. The largest absolute Gasteiger partial charge is 0.491 e. The van der Waals surface area contributed by atoms with Crippen molar-refractivity contribution in [1.82, 2.24) is 20.9 Å². The van der Waals surface area contributed by atoms with E-state index in [1.807, 2.05) is 30.3 Å². The number of hydrogen-bond acceptors (Lipinski definition) is 7. The van der Waals surface area contributed by atoms with Gasteiger partial charge in [0.05, 0.1) is 6.54 Å². The van der Waals surface area contributed by atoms with E-state index < -0.39 is 35.8 Å². The lowest BCUT2D eigenvalue weighted by atomic mass is 9.99. The highest BCUT2D eigenvalue weighted by atomic mass is 16.5. The molecule has 1 aromatic carbocycles. The van der Waals surface area contributed by atoms with Gasteiger partial charge in [0.25, 0.3) is 5.91 Å². The first-order valence-electron chi connectivity index (χ1n) is 11.0. The molecule has 3 amide bonds. The molecule has 0 saturated heterocycles. The van der Waals surface area contributed by atoms with Crippen molar-refractivity contribution in [1.29, 1.82) is 0 Å². The average molecular weight is 469 g/mol. The summed E-state index contributed by atoms with van der Waals surface area (Å²) in [6.07, 6.45) is 2.32. The Bertz CT molecular complexity index is 1030. The van der Waals surface area contributed by atoms with Crippen molar-refractivity contribution in [3.05, 3.63) is 59.9 Å². The summed E-state index contributed by atoms with van der Waals surface area (Å²) in [5, 5.41) is 7.65. The lowest BCUT2D eigenvalue weighted by Gasteiger charge is -2.25. The maximum Gasteiger partial charge on any atom is 0.408 e. The molecule has 3 rings (SSSR count). The molecule has 2 atom stereocenters. The van der Waals surface area contributed by atoms with Gasteiger partial charge in [0.2, 0.25) is 11.7 Å². The van der Waals surface area contributed by atoms with Crippen LogP contribution in [0.5, 0.6) is 5.75 Å². The van der Waals surface area contributed by atoms with Crippen LogP contribution >= 0.6 is 0 Å². The van der Waals surface area contributed by atoms with E-state index in [4.69, 9.17) is 9.47 Å². The highest BCUT2D eigenvalue weighted by Gasteiger charge is 2.33. The molecule has 10 heteroatoms. The van der Waals surface area contributed by atoms with Crippen LogP contribution in [0.3, 0.4) is 0 Å².